The molecule has 78 heavy (non-hydrogen) atoms. The van der Waals surface area contributed by atoms with Crippen molar-refractivity contribution in [3.8, 4) is 46.7 Å². The van der Waals surface area contributed by atoms with Gasteiger partial charge in [0, 0.05) is 37.3 Å². The van der Waals surface area contributed by atoms with Gasteiger partial charge < -0.3 is 43.1 Å². The standard InChI is InChI=1S/C32H32FNO5.C31H30FNO5.Na/c1-24-22-29(13-14-31(24)39-23-32(35)36-2)38-19-15-30(27-9-11-28(33)12-10-27)26-7-5-25(6-8-26)4-3-16-34-17-20-37-21-18-34;1-23-21-28(12-13-30(23)38-22-31(34)35)37-18-14-29(26-8-10-27(32)11-9-26)25-6-4-24(5-7-25)3-2-15-33-16-19-36-20-17-33;/h5-15,22H,16-21,23H2,1-2H3;4-14,21H,15-20,22H2,1H3,(H,34,35);/q;;+1/p-1/b30-15+;29-14+;. The van der Waals surface area contributed by atoms with Crippen LogP contribution in [-0.4, -0.2) is 121 Å². The number of hydrogen-bond acceptors (Lipinski definition) is 12. The molecule has 0 amide bonds. The van der Waals surface area contributed by atoms with Gasteiger partial charge >= 0.3 is 35.5 Å². The number of esters is 1. The van der Waals surface area contributed by atoms with Gasteiger partial charge in [-0.3, -0.25) is 9.80 Å². The Balaban J connectivity index is 0.000000249. The van der Waals surface area contributed by atoms with Crippen molar-refractivity contribution in [3.63, 3.8) is 0 Å². The molecule has 0 aliphatic carbocycles. The fourth-order valence-electron chi connectivity index (χ4n) is 8.08. The van der Waals surface area contributed by atoms with E-state index in [9.17, 15) is 23.5 Å². The van der Waals surface area contributed by atoms with Crippen LogP contribution in [-0.2, 0) is 23.8 Å². The van der Waals surface area contributed by atoms with Gasteiger partial charge in [-0.05, 0) is 155 Å². The minimum Gasteiger partial charge on any atom is -0.546 e. The molecule has 12 nitrogen and oxygen atoms in total. The molecular weight excluding hydrogens is 1010 g/mol. The number of benzene rings is 6. The minimum absolute atomic E-state index is 0. The molecule has 2 aliphatic heterocycles. The van der Waals surface area contributed by atoms with Crippen LogP contribution < -0.4 is 53.6 Å². The number of halogens is 2. The predicted molar refractivity (Wildman–Crippen MR) is 289 cm³/mol. The SMILES string of the molecule is COC(=O)COc1ccc(OC/C=C(/c2ccc(F)cc2)c2ccc(C#CCN3CCOCC3)cc2)cc1C.Cc1cc(OC/C=C(/c2ccc(F)cc2)c2ccc(C#CCN3CCOCC3)cc2)ccc1OCC(=O)[O-].[Na+]. The van der Waals surface area contributed by atoms with Crippen LogP contribution in [0.3, 0.4) is 0 Å². The molecule has 2 aliphatic rings. The summed E-state index contributed by atoms with van der Waals surface area (Å²) in [6.07, 6.45) is 3.92. The maximum absolute atomic E-state index is 13.6. The summed E-state index contributed by atoms with van der Waals surface area (Å²) in [4.78, 5) is 26.5. The van der Waals surface area contributed by atoms with Crippen LogP contribution in [0.25, 0.3) is 11.1 Å². The van der Waals surface area contributed by atoms with E-state index in [-0.39, 0.29) is 54.4 Å². The third-order valence-electron chi connectivity index (χ3n) is 12.3. The van der Waals surface area contributed by atoms with E-state index < -0.39 is 18.5 Å². The molecule has 15 heteroatoms. The Morgan fingerprint density at radius 1 is 0.551 bits per heavy atom. The zero-order chi connectivity index (χ0) is 54.2. The molecule has 0 spiro atoms. The number of carbonyl (C=O) groups excluding carboxylic acids is 2. The summed E-state index contributed by atoms with van der Waals surface area (Å²) in [5.74, 6) is 13.0. The second-order valence-corrected chi connectivity index (χ2v) is 17.8. The summed E-state index contributed by atoms with van der Waals surface area (Å²) in [5, 5.41) is 10.6. The van der Waals surface area contributed by atoms with Crippen LogP contribution >= 0.6 is 0 Å². The molecule has 398 valence electrons. The largest absolute Gasteiger partial charge is 1.00 e. The first-order valence-electron chi connectivity index (χ1n) is 25.2. The summed E-state index contributed by atoms with van der Waals surface area (Å²) >= 11 is 0. The quantitative estimate of drug-likeness (QED) is 0.0627. The fourth-order valence-corrected chi connectivity index (χ4v) is 8.08. The first kappa shape index (κ1) is 60.0. The van der Waals surface area contributed by atoms with Crippen LogP contribution in [0, 0.1) is 49.2 Å². The molecule has 2 saturated heterocycles. The normalized spacial score (nSPS) is 13.7. The molecule has 0 aromatic heterocycles. The zero-order valence-corrected chi connectivity index (χ0v) is 46.5. The molecule has 0 unspecified atom stereocenters. The first-order chi connectivity index (χ1) is 37.5. The van der Waals surface area contributed by atoms with Crippen molar-refractivity contribution < 1.29 is 86.2 Å². The molecule has 0 saturated carbocycles. The van der Waals surface area contributed by atoms with Gasteiger partial charge in [-0.2, -0.15) is 0 Å². The van der Waals surface area contributed by atoms with E-state index >= 15 is 0 Å². The van der Waals surface area contributed by atoms with Gasteiger partial charge in [-0.25, -0.2) is 13.6 Å². The summed E-state index contributed by atoms with van der Waals surface area (Å²) in [7, 11) is 1.32. The van der Waals surface area contributed by atoms with Gasteiger partial charge in [0.25, 0.3) is 0 Å². The van der Waals surface area contributed by atoms with E-state index in [4.69, 9.17) is 28.4 Å². The summed E-state index contributed by atoms with van der Waals surface area (Å²) in [6.45, 7) is 11.7. The van der Waals surface area contributed by atoms with Crippen LogP contribution in [0.5, 0.6) is 23.0 Å². The second-order valence-electron chi connectivity index (χ2n) is 17.8. The third-order valence-corrected chi connectivity index (χ3v) is 12.3. The zero-order valence-electron chi connectivity index (χ0n) is 44.5. The number of rotatable bonds is 18. The van der Waals surface area contributed by atoms with E-state index in [1.165, 1.54) is 31.4 Å². The maximum Gasteiger partial charge on any atom is 1.00 e. The Hall–Kier alpha value is -7.24. The topological polar surface area (TPSA) is 128 Å². The first-order valence-corrected chi connectivity index (χ1v) is 25.2. The fraction of sp³-hybridized carbons (Fsp3) is 0.270. The molecule has 6 aromatic carbocycles. The second kappa shape index (κ2) is 31.9. The summed E-state index contributed by atoms with van der Waals surface area (Å²) < 4.78 is 65.2. The smallest absolute Gasteiger partial charge is 0.546 e. The summed E-state index contributed by atoms with van der Waals surface area (Å²) in [5.41, 5.74) is 8.97. The average Bonchev–Trinajstić information content (AvgIpc) is 3.45. The molecular formula is C63H61F2N2NaO10. The number of hydrogen-bond donors (Lipinski definition) is 0. The average molecular weight is 1070 g/mol. The van der Waals surface area contributed by atoms with E-state index in [0.717, 1.165) is 115 Å². The Bertz CT molecular complexity index is 3080. The Morgan fingerprint density at radius 3 is 1.28 bits per heavy atom. The number of methoxy groups -OCH3 is 1. The van der Waals surface area contributed by atoms with Crippen LogP contribution in [0.1, 0.15) is 44.5 Å². The van der Waals surface area contributed by atoms with Crippen molar-refractivity contribution in [3.05, 3.63) is 202 Å². The van der Waals surface area contributed by atoms with Crippen molar-refractivity contribution in [1.82, 2.24) is 9.80 Å². The van der Waals surface area contributed by atoms with Crippen molar-refractivity contribution in [1.29, 1.82) is 0 Å². The molecule has 0 radical (unpaired) electrons. The van der Waals surface area contributed by atoms with Crippen molar-refractivity contribution in [2.75, 3.05) is 99.2 Å². The van der Waals surface area contributed by atoms with Gasteiger partial charge in [0.15, 0.2) is 6.61 Å². The molecule has 0 atom stereocenters. The molecule has 0 N–H and O–H groups in total. The van der Waals surface area contributed by atoms with Crippen molar-refractivity contribution >= 4 is 23.1 Å². The number of carbonyl (C=O) groups is 2. The molecule has 8 rings (SSSR count). The van der Waals surface area contributed by atoms with Gasteiger partial charge in [0.2, 0.25) is 0 Å². The minimum atomic E-state index is -1.28. The molecule has 0 bridgehead atoms. The van der Waals surface area contributed by atoms with Gasteiger partial charge in [-0.1, -0.05) is 72.2 Å². The Kier molecular flexibility index (Phi) is 24.5. The molecule has 6 aromatic rings. The predicted octanol–water partition coefficient (Wildman–Crippen LogP) is 5.34. The Labute approximate surface area is 477 Å². The number of ether oxygens (including phenoxy) is 7. The van der Waals surface area contributed by atoms with Crippen LogP contribution in [0.2, 0.25) is 0 Å². The number of aryl methyl sites for hydroxylation is 2. The maximum atomic E-state index is 13.6. The van der Waals surface area contributed by atoms with Gasteiger partial charge in [0.05, 0.1) is 52.6 Å². The van der Waals surface area contributed by atoms with Crippen molar-refractivity contribution in [2.24, 2.45) is 0 Å². The number of aliphatic carboxylic acids is 1. The van der Waals surface area contributed by atoms with E-state index in [2.05, 4.69) is 38.2 Å². The van der Waals surface area contributed by atoms with Crippen LogP contribution in [0.4, 0.5) is 8.78 Å². The number of carboxylic acid groups (broad SMARTS) is 1. The number of nitrogens with zero attached hydrogens (tertiary/aromatic N) is 2. The summed E-state index contributed by atoms with van der Waals surface area (Å²) in [6, 6.07) is 39.3. The molecule has 2 fully saturated rings. The molecule has 2 heterocycles. The van der Waals surface area contributed by atoms with E-state index in [1.54, 1.807) is 54.6 Å². The monoisotopic (exact) mass is 1070 g/mol. The van der Waals surface area contributed by atoms with Gasteiger partial charge in [-0.15, -0.1) is 0 Å². The van der Waals surface area contributed by atoms with E-state index in [1.807, 2.05) is 80.6 Å². The van der Waals surface area contributed by atoms with E-state index in [0.29, 0.717) is 36.1 Å². The third kappa shape index (κ3) is 19.6. The van der Waals surface area contributed by atoms with Crippen LogP contribution in [0.15, 0.2) is 146 Å². The number of morpholine rings is 2. The van der Waals surface area contributed by atoms with Gasteiger partial charge in [0.1, 0.15) is 54.5 Å². The number of carboxylic acids is 1. The van der Waals surface area contributed by atoms with Crippen molar-refractivity contribution in [2.45, 2.75) is 13.8 Å². The Morgan fingerprint density at radius 2 is 0.923 bits per heavy atom.